The zero-order chi connectivity index (χ0) is 36.5. The number of aromatic nitrogens is 2. The molecule has 0 N–H and O–H groups in total. The van der Waals surface area contributed by atoms with Gasteiger partial charge >= 0.3 is 0 Å². The number of fused-ring (bicyclic) bond motifs is 2. The molecule has 278 valence electrons. The molecule has 8 bridgehead atoms. The zero-order valence-corrected chi connectivity index (χ0v) is 34.8. The third-order valence-corrected chi connectivity index (χ3v) is 20.8. The van der Waals surface area contributed by atoms with Gasteiger partial charge in [-0.25, -0.2) is 0 Å². The van der Waals surface area contributed by atoms with E-state index in [4.69, 9.17) is 9.97 Å². The van der Waals surface area contributed by atoms with Crippen LogP contribution in [0.5, 0.6) is 0 Å². The maximum Gasteiger partial charge on any atom is 0.0936 e. The molecule has 1 unspecified atom stereocenters. The molecule has 0 radical (unpaired) electrons. The Morgan fingerprint density at radius 2 is 1.00 bits per heavy atom. The first-order valence-electron chi connectivity index (χ1n) is 21.5. The molecule has 4 heteroatoms. The van der Waals surface area contributed by atoms with Gasteiger partial charge in [0.1, 0.15) is 0 Å². The van der Waals surface area contributed by atoms with Gasteiger partial charge in [-0.1, -0.05) is 95.4 Å². The summed E-state index contributed by atoms with van der Waals surface area (Å²) in [6, 6.07) is 34.2. The number of para-hydroxylation sites is 2. The number of pyridine rings is 2. The fourth-order valence-electron chi connectivity index (χ4n) is 14.3. The molecule has 2 nitrogen and oxygen atoms in total. The van der Waals surface area contributed by atoms with Crippen molar-refractivity contribution in [3.05, 3.63) is 119 Å². The predicted molar refractivity (Wildman–Crippen MR) is 231 cm³/mol. The van der Waals surface area contributed by atoms with Crippen molar-refractivity contribution >= 4 is 39.0 Å². The average Bonchev–Trinajstić information content (AvgIpc) is 3.14. The lowest BCUT2D eigenvalue weighted by Crippen LogP contribution is -2.56. The second-order valence-corrected chi connectivity index (χ2v) is 24.5. The molecular weight excluding hydrogens is 691 g/mol. The van der Waals surface area contributed by atoms with Crippen LogP contribution in [0.15, 0.2) is 91.0 Å². The van der Waals surface area contributed by atoms with Crippen molar-refractivity contribution in [1.82, 2.24) is 9.97 Å². The largest absolute Gasteiger partial charge is 0.251 e. The third kappa shape index (κ3) is 5.53. The number of hydrogen-bond acceptors (Lipinski definition) is 2. The number of benzene rings is 3. The summed E-state index contributed by atoms with van der Waals surface area (Å²) in [6.07, 6.45) is 19.7. The molecular formula is C50H58N2P2. The van der Waals surface area contributed by atoms with E-state index < -0.39 is 5.16 Å². The Balaban J connectivity index is 1.13. The van der Waals surface area contributed by atoms with Crippen molar-refractivity contribution in [1.29, 1.82) is 0 Å². The number of hydrogen-bond donors (Lipinski definition) is 0. The molecule has 0 aliphatic heterocycles. The highest BCUT2D eigenvalue weighted by atomic mass is 31.1. The molecule has 8 saturated carbocycles. The van der Waals surface area contributed by atoms with Crippen molar-refractivity contribution in [2.24, 2.45) is 35.5 Å². The molecule has 54 heavy (non-hydrogen) atoms. The van der Waals surface area contributed by atoms with Crippen molar-refractivity contribution in [3.63, 3.8) is 0 Å². The minimum atomic E-state index is -0.603. The van der Waals surface area contributed by atoms with E-state index in [1.54, 1.807) is 5.56 Å². The molecule has 2 aromatic heterocycles. The number of nitrogens with zero attached hydrogens (tertiary/aromatic N) is 2. The Morgan fingerprint density at radius 1 is 0.574 bits per heavy atom. The molecule has 0 saturated heterocycles. The van der Waals surface area contributed by atoms with Gasteiger partial charge in [-0.05, 0) is 175 Å². The van der Waals surface area contributed by atoms with E-state index in [0.717, 1.165) is 57.9 Å². The van der Waals surface area contributed by atoms with Gasteiger partial charge in [0.05, 0.1) is 27.6 Å². The fraction of sp³-hybridized carbons (Fsp3) is 0.520. The van der Waals surface area contributed by atoms with Crippen molar-refractivity contribution in [3.8, 4) is 0 Å². The van der Waals surface area contributed by atoms with Crippen LogP contribution in [0.4, 0.5) is 0 Å². The molecule has 8 fully saturated rings. The van der Waals surface area contributed by atoms with Crippen LogP contribution in [0.25, 0.3) is 21.8 Å². The van der Waals surface area contributed by atoms with E-state index in [-0.39, 0.29) is 13.3 Å². The average molecular weight is 749 g/mol. The van der Waals surface area contributed by atoms with Crippen molar-refractivity contribution in [2.45, 2.75) is 125 Å². The van der Waals surface area contributed by atoms with Crippen LogP contribution in [0.2, 0.25) is 0 Å². The second-order valence-electron chi connectivity index (χ2n) is 20.6. The van der Waals surface area contributed by atoms with Gasteiger partial charge in [0, 0.05) is 10.8 Å². The van der Waals surface area contributed by atoms with Gasteiger partial charge in [0.25, 0.3) is 0 Å². The molecule has 0 amide bonds. The van der Waals surface area contributed by atoms with E-state index >= 15 is 0 Å². The molecule has 8 aliphatic carbocycles. The molecule has 13 rings (SSSR count). The number of rotatable bonds is 7. The summed E-state index contributed by atoms with van der Waals surface area (Å²) < 4.78 is 0. The van der Waals surface area contributed by atoms with Gasteiger partial charge in [-0.3, -0.25) is 9.97 Å². The van der Waals surface area contributed by atoms with Gasteiger partial charge in [0.2, 0.25) is 0 Å². The summed E-state index contributed by atoms with van der Waals surface area (Å²) >= 11 is 0. The summed E-state index contributed by atoms with van der Waals surface area (Å²) in [5.41, 5.74) is 8.71. The van der Waals surface area contributed by atoms with E-state index in [1.807, 2.05) is 0 Å². The van der Waals surface area contributed by atoms with Crippen LogP contribution >= 0.6 is 17.2 Å². The summed E-state index contributed by atoms with van der Waals surface area (Å²) in [5.74, 6) is 5.93. The third-order valence-electron chi connectivity index (χ3n) is 15.9. The van der Waals surface area contributed by atoms with E-state index in [9.17, 15) is 0 Å². The minimum Gasteiger partial charge on any atom is -0.251 e. The maximum absolute atomic E-state index is 5.55. The van der Waals surface area contributed by atoms with Crippen LogP contribution < -0.4 is 0 Å². The van der Waals surface area contributed by atoms with E-state index in [2.05, 4.69) is 121 Å². The van der Waals surface area contributed by atoms with Gasteiger partial charge < -0.3 is 0 Å². The summed E-state index contributed by atoms with van der Waals surface area (Å²) in [6.45, 7) is 7.16. The first-order chi connectivity index (χ1) is 26.1. The minimum absolute atomic E-state index is 0.0249. The Morgan fingerprint density at radius 3 is 1.43 bits per heavy atom. The lowest BCUT2D eigenvalue weighted by Gasteiger charge is -2.67. The van der Waals surface area contributed by atoms with Gasteiger partial charge in [-0.15, -0.1) is 9.24 Å². The molecule has 0 spiro atoms. The fourth-order valence-corrected chi connectivity index (χ4v) is 20.1. The highest BCUT2D eigenvalue weighted by molar-refractivity contribution is 7.60. The summed E-state index contributed by atoms with van der Waals surface area (Å²) in [7, 11) is 3.20. The smallest absolute Gasteiger partial charge is 0.0936 e. The molecule has 2 heterocycles. The first-order valence-corrected chi connectivity index (χ1v) is 23.6. The lowest BCUT2D eigenvalue weighted by molar-refractivity contribution is 0.0184. The maximum atomic E-state index is 5.55. The highest BCUT2D eigenvalue weighted by Gasteiger charge is 2.62. The molecule has 8 aliphatic rings. The van der Waals surface area contributed by atoms with Crippen molar-refractivity contribution < 1.29 is 0 Å². The quantitative estimate of drug-likeness (QED) is 0.155. The second kappa shape index (κ2) is 12.4. The Hall–Kier alpha value is -2.66. The van der Waals surface area contributed by atoms with Gasteiger partial charge in [-0.2, -0.15) is 0 Å². The predicted octanol–water partition coefficient (Wildman–Crippen LogP) is 13.2. The van der Waals surface area contributed by atoms with Crippen LogP contribution in [0.3, 0.4) is 0 Å². The van der Waals surface area contributed by atoms with Gasteiger partial charge in [0.15, 0.2) is 0 Å². The Kier molecular flexibility index (Phi) is 7.95. The van der Waals surface area contributed by atoms with Crippen LogP contribution in [-0.2, 0) is 16.7 Å². The summed E-state index contributed by atoms with van der Waals surface area (Å²) in [4.78, 5) is 11.1. The molecule has 1 atom stereocenters. The highest BCUT2D eigenvalue weighted by Crippen LogP contribution is 2.80. The van der Waals surface area contributed by atoms with E-state index in [0.29, 0.717) is 10.3 Å². The lowest BCUT2D eigenvalue weighted by atomic mass is 9.55. The van der Waals surface area contributed by atoms with Crippen LogP contribution in [-0.4, -0.2) is 20.3 Å². The molecule has 3 aromatic carbocycles. The Labute approximate surface area is 327 Å². The monoisotopic (exact) mass is 748 g/mol. The first kappa shape index (κ1) is 34.6. The van der Waals surface area contributed by atoms with E-state index in [1.165, 1.54) is 105 Å². The van der Waals surface area contributed by atoms with Crippen molar-refractivity contribution in [2.75, 3.05) is 0 Å². The Bertz CT molecular complexity index is 2070. The standard InChI is InChI=1S/C50H58N2P2/c1-47(2,3)41-15-12-40(31-54(48-25-32-18-33(26-48)20-34(19-32)27-48)49-28-35-21-36(29-49)23-37(22-35)30-49)42(24-41)50(53,45-16-13-38-8-4-6-10-43(38)51-45)46-17-14-39-9-5-7-11-44(39)52-46/h4-17,24,32-37H,18-23,25-31,53H2,1-3H3. The van der Waals surface area contributed by atoms with Crippen LogP contribution in [0.1, 0.15) is 126 Å². The molecule has 5 aromatic rings. The SMILES string of the molecule is CC(C)(C)c1ccc(CP(C23CC4CC(CC(C4)C2)C3)C23CC4CC(CC(C4)C2)C3)c(C(P)(c2ccc3ccccc3n2)c2ccc3ccccc3n2)c1. The topological polar surface area (TPSA) is 25.8 Å². The normalized spacial score (nSPS) is 33.2. The zero-order valence-electron chi connectivity index (χ0n) is 32.7. The van der Waals surface area contributed by atoms with Crippen LogP contribution in [0, 0.1) is 35.5 Å². The summed E-state index contributed by atoms with van der Waals surface area (Å²) in [5, 5.41) is 2.92.